The summed E-state index contributed by atoms with van der Waals surface area (Å²) < 4.78 is 9.27. The van der Waals surface area contributed by atoms with E-state index >= 15 is 0 Å². The van der Waals surface area contributed by atoms with Crippen LogP contribution in [0.2, 0.25) is 0 Å². The van der Waals surface area contributed by atoms with Crippen molar-refractivity contribution in [3.8, 4) is 0 Å². The zero-order valence-electron chi connectivity index (χ0n) is 14.2. The summed E-state index contributed by atoms with van der Waals surface area (Å²) in [6.07, 6.45) is 0.881. The monoisotopic (exact) mass is 380 g/mol. The molecule has 0 rings (SSSR count). The van der Waals surface area contributed by atoms with Crippen LogP contribution in [0.3, 0.4) is 0 Å². The number of esters is 2. The number of amides is 2. The van der Waals surface area contributed by atoms with Gasteiger partial charge in [0.25, 0.3) is 0 Å². The summed E-state index contributed by atoms with van der Waals surface area (Å²) in [7, 11) is 5.56. The highest BCUT2D eigenvalue weighted by Crippen LogP contribution is 2.24. The number of ether oxygens (including phenoxy) is 2. The van der Waals surface area contributed by atoms with E-state index in [1.54, 1.807) is 0 Å². The van der Waals surface area contributed by atoms with Gasteiger partial charge < -0.3 is 20.1 Å². The molecule has 24 heavy (non-hydrogen) atoms. The smallest absolute Gasteiger partial charge is 0.328 e. The van der Waals surface area contributed by atoms with Gasteiger partial charge in [0.15, 0.2) is 0 Å². The molecule has 0 aliphatic rings. The summed E-state index contributed by atoms with van der Waals surface area (Å²) in [5.74, 6) is -0.306. The Bertz CT molecular complexity index is 407. The lowest BCUT2D eigenvalue weighted by Crippen LogP contribution is -2.40. The fourth-order valence-electron chi connectivity index (χ4n) is 1.72. The Balaban J connectivity index is 4.09. The van der Waals surface area contributed by atoms with E-state index < -0.39 is 24.0 Å². The van der Waals surface area contributed by atoms with Gasteiger partial charge in [-0.2, -0.15) is 0 Å². The third kappa shape index (κ3) is 10.4. The van der Waals surface area contributed by atoms with Crippen LogP contribution in [-0.4, -0.2) is 61.6 Å². The Hall–Kier alpha value is -1.42. The van der Waals surface area contributed by atoms with Crippen LogP contribution in [0, 0.1) is 0 Å². The largest absolute Gasteiger partial charge is 0.467 e. The minimum atomic E-state index is -0.664. The highest BCUT2D eigenvalue weighted by Gasteiger charge is 2.21. The second-order valence-corrected chi connectivity index (χ2v) is 7.48. The van der Waals surface area contributed by atoms with Crippen LogP contribution >= 0.6 is 21.6 Å². The third-order valence-corrected chi connectivity index (χ3v) is 5.26. The molecule has 138 valence electrons. The van der Waals surface area contributed by atoms with Gasteiger partial charge in [0.1, 0.15) is 12.1 Å². The highest BCUT2D eigenvalue weighted by molar-refractivity contribution is 8.76. The van der Waals surface area contributed by atoms with Gasteiger partial charge in [-0.25, -0.2) is 9.59 Å². The molecule has 0 aliphatic carbocycles. The number of carbonyl (C=O) groups is 4. The van der Waals surface area contributed by atoms with Crippen molar-refractivity contribution < 1.29 is 28.7 Å². The maximum absolute atomic E-state index is 11.5. The molecule has 0 saturated carbocycles. The number of hydrogen-bond acceptors (Lipinski definition) is 8. The predicted octanol–water partition coefficient (Wildman–Crippen LogP) is 0.503. The summed E-state index contributed by atoms with van der Waals surface area (Å²) in [6, 6.07) is -1.33. The summed E-state index contributed by atoms with van der Waals surface area (Å²) in [6.45, 7) is 2.68. The van der Waals surface area contributed by atoms with E-state index in [1.165, 1.54) is 49.7 Å². The maximum Gasteiger partial charge on any atom is 0.328 e. The Morgan fingerprint density at radius 1 is 0.792 bits per heavy atom. The van der Waals surface area contributed by atoms with Crippen molar-refractivity contribution in [1.82, 2.24) is 10.6 Å². The van der Waals surface area contributed by atoms with Crippen LogP contribution in [0.1, 0.15) is 26.7 Å². The second kappa shape index (κ2) is 12.9. The minimum absolute atomic E-state index is 0.292. The number of methoxy groups -OCH3 is 2. The summed E-state index contributed by atoms with van der Waals surface area (Å²) in [5, 5.41) is 5.08. The summed E-state index contributed by atoms with van der Waals surface area (Å²) in [4.78, 5) is 45.2. The van der Waals surface area contributed by atoms with Crippen LogP contribution in [-0.2, 0) is 28.7 Å². The van der Waals surface area contributed by atoms with Crippen molar-refractivity contribution in [3.63, 3.8) is 0 Å². The zero-order chi connectivity index (χ0) is 18.5. The SMILES string of the molecule is COC(=O)[C@H](CCSSCC[C@H](NC(C)=O)C(=O)OC)NC(C)=O. The topological polar surface area (TPSA) is 111 Å². The number of hydrogen-bond donors (Lipinski definition) is 2. The molecule has 2 N–H and O–H groups in total. The number of nitrogens with one attached hydrogen (secondary N) is 2. The van der Waals surface area contributed by atoms with Gasteiger partial charge in [0.05, 0.1) is 14.2 Å². The van der Waals surface area contributed by atoms with Crippen LogP contribution in [0.15, 0.2) is 0 Å². The first-order valence-corrected chi connectivity index (χ1v) is 9.74. The van der Waals surface area contributed by atoms with Gasteiger partial charge in [0, 0.05) is 25.4 Å². The zero-order valence-corrected chi connectivity index (χ0v) is 15.9. The lowest BCUT2D eigenvalue weighted by atomic mass is 10.2. The molecule has 0 bridgehead atoms. The molecule has 8 nitrogen and oxygen atoms in total. The fourth-order valence-corrected chi connectivity index (χ4v) is 3.91. The molecule has 0 unspecified atom stereocenters. The average molecular weight is 380 g/mol. The van der Waals surface area contributed by atoms with Gasteiger partial charge in [-0.1, -0.05) is 21.6 Å². The molecule has 0 aromatic heterocycles. The lowest BCUT2D eigenvalue weighted by Gasteiger charge is -2.16. The van der Waals surface area contributed by atoms with Gasteiger partial charge in [-0.05, 0) is 12.8 Å². The van der Waals surface area contributed by atoms with Crippen LogP contribution in [0.5, 0.6) is 0 Å². The van der Waals surface area contributed by atoms with Crippen molar-refractivity contribution in [2.24, 2.45) is 0 Å². The van der Waals surface area contributed by atoms with E-state index in [-0.39, 0.29) is 11.8 Å². The molecule has 0 fully saturated rings. The summed E-state index contributed by atoms with van der Waals surface area (Å²) >= 11 is 0. The van der Waals surface area contributed by atoms with E-state index in [4.69, 9.17) is 0 Å². The quantitative estimate of drug-likeness (QED) is 0.303. The lowest BCUT2D eigenvalue weighted by molar-refractivity contribution is -0.145. The standard InChI is InChI=1S/C14H24N2O6S2/c1-9(17)15-11(13(19)21-3)5-7-23-24-8-6-12(14(20)22-4)16-10(2)18/h11-12H,5-8H2,1-4H3,(H,15,17)(H,16,18)/t11-,12-/m0/s1. The van der Waals surface area contributed by atoms with E-state index in [1.807, 2.05) is 0 Å². The van der Waals surface area contributed by atoms with Crippen molar-refractivity contribution in [1.29, 1.82) is 0 Å². The molecule has 0 spiro atoms. The molecular weight excluding hydrogens is 356 g/mol. The van der Waals surface area contributed by atoms with Crippen molar-refractivity contribution in [2.45, 2.75) is 38.8 Å². The molecule has 2 atom stereocenters. The second-order valence-electron chi connectivity index (χ2n) is 4.77. The van der Waals surface area contributed by atoms with Gasteiger partial charge in [0.2, 0.25) is 11.8 Å². The first-order chi connectivity index (χ1) is 11.3. The summed E-state index contributed by atoms with van der Waals surface area (Å²) in [5.41, 5.74) is 0. The normalized spacial score (nSPS) is 12.7. The van der Waals surface area contributed by atoms with E-state index in [9.17, 15) is 19.2 Å². The van der Waals surface area contributed by atoms with Gasteiger partial charge in [-0.15, -0.1) is 0 Å². The Kier molecular flexibility index (Phi) is 12.2. The number of rotatable bonds is 11. The van der Waals surface area contributed by atoms with Crippen LogP contribution in [0.25, 0.3) is 0 Å². The van der Waals surface area contributed by atoms with Crippen LogP contribution < -0.4 is 10.6 Å². The fraction of sp³-hybridized carbons (Fsp3) is 0.714. The average Bonchev–Trinajstić information content (AvgIpc) is 2.53. The molecule has 0 saturated heterocycles. The molecule has 0 radical (unpaired) electrons. The third-order valence-electron chi connectivity index (χ3n) is 2.79. The number of carbonyl (C=O) groups excluding carboxylic acids is 4. The molecular formula is C14H24N2O6S2. The first-order valence-electron chi connectivity index (χ1n) is 7.26. The molecule has 0 aromatic carbocycles. The maximum atomic E-state index is 11.5. The first kappa shape index (κ1) is 22.6. The molecule has 2 amide bonds. The minimum Gasteiger partial charge on any atom is -0.467 e. The van der Waals surface area contributed by atoms with Crippen molar-refractivity contribution >= 4 is 45.3 Å². The molecule has 10 heteroatoms. The Morgan fingerprint density at radius 3 is 1.38 bits per heavy atom. The van der Waals surface area contributed by atoms with Crippen molar-refractivity contribution in [3.05, 3.63) is 0 Å². The highest BCUT2D eigenvalue weighted by atomic mass is 33.1. The van der Waals surface area contributed by atoms with E-state index in [0.29, 0.717) is 24.3 Å². The predicted molar refractivity (Wildman–Crippen MR) is 93.4 cm³/mol. The van der Waals surface area contributed by atoms with Crippen LogP contribution in [0.4, 0.5) is 0 Å². The van der Waals surface area contributed by atoms with Gasteiger partial charge >= 0.3 is 11.9 Å². The van der Waals surface area contributed by atoms with Crippen molar-refractivity contribution in [2.75, 3.05) is 25.7 Å². The van der Waals surface area contributed by atoms with E-state index in [0.717, 1.165) is 0 Å². The Morgan fingerprint density at radius 2 is 1.12 bits per heavy atom. The molecule has 0 heterocycles. The molecule has 0 aliphatic heterocycles. The van der Waals surface area contributed by atoms with Gasteiger partial charge in [-0.3, -0.25) is 9.59 Å². The molecule has 0 aromatic rings. The van der Waals surface area contributed by atoms with E-state index in [2.05, 4.69) is 20.1 Å². The Labute approximate surface area is 149 Å².